The number of rotatable bonds is 4. The van der Waals surface area contributed by atoms with Gasteiger partial charge < -0.3 is 9.47 Å². The minimum absolute atomic E-state index is 0.186. The molecule has 2 nitrogen and oxygen atoms in total. The molecular weight excluding hydrogens is 231 g/mol. The largest absolute Gasteiger partial charge is 0.491 e. The second kappa shape index (κ2) is 7.10. The van der Waals surface area contributed by atoms with Crippen molar-refractivity contribution in [3.05, 3.63) is 29.6 Å². The molecule has 0 saturated heterocycles. The van der Waals surface area contributed by atoms with Crippen LogP contribution in [0.25, 0.3) is 0 Å². The minimum atomic E-state index is -0.410. The van der Waals surface area contributed by atoms with Gasteiger partial charge in [0.1, 0.15) is 18.2 Å². The summed E-state index contributed by atoms with van der Waals surface area (Å²) < 4.78 is 23.5. The number of methoxy groups -OCH3 is 1. The highest BCUT2D eigenvalue weighted by atomic mass is 35.5. The summed E-state index contributed by atoms with van der Waals surface area (Å²) >= 11 is 5.38. The summed E-state index contributed by atoms with van der Waals surface area (Å²) in [6, 6.07) is 4.53. The van der Waals surface area contributed by atoms with Crippen molar-refractivity contribution in [1.82, 2.24) is 0 Å². The first-order valence-electron chi connectivity index (χ1n) is 4.74. The Bertz CT molecular complexity index is 396. The summed E-state index contributed by atoms with van der Waals surface area (Å²) in [7, 11) is 1.58. The van der Waals surface area contributed by atoms with Crippen molar-refractivity contribution >= 4 is 11.6 Å². The van der Waals surface area contributed by atoms with Gasteiger partial charge in [0.25, 0.3) is 0 Å². The van der Waals surface area contributed by atoms with E-state index < -0.39 is 5.82 Å². The fourth-order valence-electron chi connectivity index (χ4n) is 1.06. The average molecular weight is 243 g/mol. The van der Waals surface area contributed by atoms with E-state index in [1.165, 1.54) is 6.07 Å². The Labute approximate surface area is 99.3 Å². The average Bonchev–Trinajstić information content (AvgIpc) is 2.28. The zero-order chi connectivity index (χ0) is 11.8. The van der Waals surface area contributed by atoms with Crippen LogP contribution in [-0.4, -0.2) is 26.2 Å². The van der Waals surface area contributed by atoms with Crippen LogP contribution in [0, 0.1) is 17.7 Å². The van der Waals surface area contributed by atoms with Gasteiger partial charge >= 0.3 is 0 Å². The molecule has 0 N–H and O–H groups in total. The minimum Gasteiger partial charge on any atom is -0.491 e. The molecular formula is C12H12ClFO2. The van der Waals surface area contributed by atoms with E-state index >= 15 is 0 Å². The Morgan fingerprint density at radius 2 is 2.19 bits per heavy atom. The van der Waals surface area contributed by atoms with Crippen molar-refractivity contribution in [3.63, 3.8) is 0 Å². The van der Waals surface area contributed by atoms with E-state index in [0.717, 1.165) is 0 Å². The SMILES string of the molecule is COCCOc1ccc(C#CCCl)c(F)c1. The Hall–Kier alpha value is -1.24. The Balaban J connectivity index is 2.67. The number of benzene rings is 1. The fraction of sp³-hybridized carbons (Fsp3) is 0.333. The maximum atomic E-state index is 13.4. The number of ether oxygens (including phenoxy) is 2. The van der Waals surface area contributed by atoms with Crippen molar-refractivity contribution in [2.75, 3.05) is 26.2 Å². The smallest absolute Gasteiger partial charge is 0.142 e. The van der Waals surface area contributed by atoms with E-state index in [4.69, 9.17) is 21.1 Å². The summed E-state index contributed by atoms with van der Waals surface area (Å²) in [5.41, 5.74) is 0.319. The molecule has 16 heavy (non-hydrogen) atoms. The molecule has 1 aromatic rings. The molecule has 0 aliphatic carbocycles. The van der Waals surface area contributed by atoms with Gasteiger partial charge in [-0.15, -0.1) is 11.6 Å². The Morgan fingerprint density at radius 3 is 2.81 bits per heavy atom. The maximum absolute atomic E-state index is 13.4. The van der Waals surface area contributed by atoms with Crippen molar-refractivity contribution in [3.8, 4) is 17.6 Å². The van der Waals surface area contributed by atoms with Gasteiger partial charge in [-0.05, 0) is 12.1 Å². The van der Waals surface area contributed by atoms with Gasteiger partial charge in [-0.3, -0.25) is 0 Å². The van der Waals surface area contributed by atoms with Crippen molar-refractivity contribution < 1.29 is 13.9 Å². The van der Waals surface area contributed by atoms with Gasteiger partial charge in [0.15, 0.2) is 0 Å². The molecule has 1 aromatic carbocycles. The molecule has 0 radical (unpaired) electrons. The monoisotopic (exact) mass is 242 g/mol. The van der Waals surface area contributed by atoms with E-state index in [1.54, 1.807) is 19.2 Å². The molecule has 0 amide bonds. The molecule has 0 heterocycles. The first-order valence-corrected chi connectivity index (χ1v) is 5.27. The summed E-state index contributed by atoms with van der Waals surface area (Å²) in [6.07, 6.45) is 0. The van der Waals surface area contributed by atoms with Gasteiger partial charge in [-0.1, -0.05) is 11.8 Å². The third kappa shape index (κ3) is 4.09. The Morgan fingerprint density at radius 1 is 1.38 bits per heavy atom. The predicted molar refractivity (Wildman–Crippen MR) is 61.4 cm³/mol. The highest BCUT2D eigenvalue weighted by molar-refractivity contribution is 6.19. The van der Waals surface area contributed by atoms with Crippen LogP contribution in [0.4, 0.5) is 4.39 Å². The lowest BCUT2D eigenvalue weighted by molar-refractivity contribution is 0.146. The molecule has 0 aromatic heterocycles. The number of hydrogen-bond donors (Lipinski definition) is 0. The quantitative estimate of drug-likeness (QED) is 0.459. The fourth-order valence-corrected chi connectivity index (χ4v) is 1.13. The molecule has 0 aliphatic heterocycles. The van der Waals surface area contributed by atoms with Gasteiger partial charge in [-0.25, -0.2) is 4.39 Å². The Kier molecular flexibility index (Phi) is 5.69. The lowest BCUT2D eigenvalue weighted by Gasteiger charge is -2.05. The van der Waals surface area contributed by atoms with Gasteiger partial charge in [0.2, 0.25) is 0 Å². The van der Waals surface area contributed by atoms with Crippen molar-refractivity contribution in [2.45, 2.75) is 0 Å². The zero-order valence-corrected chi connectivity index (χ0v) is 9.68. The molecule has 0 spiro atoms. The maximum Gasteiger partial charge on any atom is 0.142 e. The number of halogens is 2. The van der Waals surface area contributed by atoms with Crippen molar-refractivity contribution in [1.29, 1.82) is 0 Å². The second-order valence-electron chi connectivity index (χ2n) is 2.92. The topological polar surface area (TPSA) is 18.5 Å². The number of alkyl halides is 1. The summed E-state index contributed by atoms with van der Waals surface area (Å²) in [5, 5.41) is 0. The molecule has 4 heteroatoms. The zero-order valence-electron chi connectivity index (χ0n) is 8.93. The first kappa shape index (κ1) is 12.8. The van der Waals surface area contributed by atoms with Crippen LogP contribution in [0.15, 0.2) is 18.2 Å². The second-order valence-corrected chi connectivity index (χ2v) is 3.19. The van der Waals surface area contributed by atoms with Crippen LogP contribution in [0.5, 0.6) is 5.75 Å². The van der Waals surface area contributed by atoms with Gasteiger partial charge in [0, 0.05) is 13.2 Å². The molecule has 0 aliphatic rings. The standard InChI is InChI=1S/C12H12ClFO2/c1-15-7-8-16-11-5-4-10(3-2-6-13)12(14)9-11/h4-5,9H,6-8H2,1H3. The normalized spacial score (nSPS) is 9.44. The molecule has 0 saturated carbocycles. The van der Waals surface area contributed by atoms with Crippen LogP contribution in [0.2, 0.25) is 0 Å². The van der Waals surface area contributed by atoms with Crippen molar-refractivity contribution in [2.24, 2.45) is 0 Å². The van der Waals surface area contributed by atoms with Gasteiger partial charge in [-0.2, -0.15) is 0 Å². The highest BCUT2D eigenvalue weighted by Crippen LogP contribution is 2.15. The van der Waals surface area contributed by atoms with Crippen LogP contribution < -0.4 is 4.74 Å². The lowest BCUT2D eigenvalue weighted by Crippen LogP contribution is -2.04. The van der Waals surface area contributed by atoms with E-state index in [2.05, 4.69) is 11.8 Å². The summed E-state index contributed by atoms with van der Waals surface area (Å²) in [6.45, 7) is 0.859. The van der Waals surface area contributed by atoms with E-state index in [9.17, 15) is 4.39 Å². The van der Waals surface area contributed by atoms with E-state index in [1.807, 2.05) is 0 Å². The number of hydrogen-bond acceptors (Lipinski definition) is 2. The van der Waals surface area contributed by atoms with Crippen LogP contribution in [0.1, 0.15) is 5.56 Å². The highest BCUT2D eigenvalue weighted by Gasteiger charge is 2.01. The van der Waals surface area contributed by atoms with E-state index in [0.29, 0.717) is 24.5 Å². The molecule has 0 unspecified atom stereocenters. The predicted octanol–water partition coefficient (Wildman–Crippen LogP) is 2.44. The molecule has 1 rings (SSSR count). The summed E-state index contributed by atoms with van der Waals surface area (Å²) in [5.74, 6) is 5.45. The lowest BCUT2D eigenvalue weighted by atomic mass is 10.2. The van der Waals surface area contributed by atoms with Crippen LogP contribution in [0.3, 0.4) is 0 Å². The third-order valence-corrected chi connectivity index (χ3v) is 1.92. The molecule has 0 fully saturated rings. The third-order valence-electron chi connectivity index (χ3n) is 1.79. The molecule has 0 bridgehead atoms. The molecule has 86 valence electrons. The van der Waals surface area contributed by atoms with Crippen LogP contribution >= 0.6 is 11.6 Å². The van der Waals surface area contributed by atoms with Crippen LogP contribution in [-0.2, 0) is 4.74 Å². The van der Waals surface area contributed by atoms with Gasteiger partial charge in [0.05, 0.1) is 18.1 Å². The van der Waals surface area contributed by atoms with E-state index in [-0.39, 0.29) is 5.88 Å². The summed E-state index contributed by atoms with van der Waals surface area (Å²) in [4.78, 5) is 0. The molecule has 0 atom stereocenters. The first-order chi connectivity index (χ1) is 7.77.